The fraction of sp³-hybridized carbons (Fsp3) is 0.391. The third-order valence-electron chi connectivity index (χ3n) is 5.19. The number of rotatable bonds is 11. The maximum absolute atomic E-state index is 13.5. The van der Waals surface area contributed by atoms with Crippen LogP contribution < -0.4 is 14.4 Å². The Morgan fingerprint density at radius 3 is 2.25 bits per heavy atom. The van der Waals surface area contributed by atoms with Crippen molar-refractivity contribution in [3.05, 3.63) is 63.2 Å². The van der Waals surface area contributed by atoms with Gasteiger partial charge in [-0.25, -0.2) is 8.42 Å². The molecule has 0 saturated carbocycles. The van der Waals surface area contributed by atoms with Gasteiger partial charge >= 0.3 is 0 Å². The third-order valence-corrected chi connectivity index (χ3v) is 6.56. The minimum atomic E-state index is -4.10. The number of nitrogens with one attached hydrogen (secondary N) is 1. The van der Waals surface area contributed by atoms with E-state index < -0.39 is 39.3 Å². The van der Waals surface area contributed by atoms with Gasteiger partial charge in [-0.1, -0.05) is 23.7 Å². The van der Waals surface area contributed by atoms with Gasteiger partial charge in [0.05, 0.1) is 18.3 Å². The van der Waals surface area contributed by atoms with Crippen LogP contribution in [0.1, 0.15) is 26.3 Å². The maximum atomic E-state index is 13.5. The van der Waals surface area contributed by atoms with Crippen molar-refractivity contribution in [2.75, 3.05) is 24.2 Å². The van der Waals surface area contributed by atoms with Crippen LogP contribution in [0.2, 0.25) is 5.02 Å². The number of carbonyl (C=O) groups excluding carboxylic acids is 2. The molecule has 0 spiro atoms. The van der Waals surface area contributed by atoms with Crippen molar-refractivity contribution in [3.8, 4) is 5.75 Å². The highest BCUT2D eigenvalue weighted by Crippen LogP contribution is 2.33. The van der Waals surface area contributed by atoms with Crippen molar-refractivity contribution >= 4 is 44.8 Å². The normalized spacial score (nSPS) is 12.1. The number of benzene rings is 2. The number of sulfonamides is 1. The summed E-state index contributed by atoms with van der Waals surface area (Å²) in [5.74, 6) is -1.10. The standard InChI is InChI=1S/C23H29ClN4O7S/c1-15(2)25-23(30)16(3)26(13-17-6-8-18(24)9-7-17)22(29)14-27(36(5,33)34)20-12-19(28(31)32)10-11-21(20)35-4/h6-12,15-16H,13-14H2,1-5H3,(H,25,30)/t16-/m0/s1. The Labute approximate surface area is 215 Å². The average molecular weight is 541 g/mol. The fourth-order valence-electron chi connectivity index (χ4n) is 3.36. The summed E-state index contributed by atoms with van der Waals surface area (Å²) in [5.41, 5.74) is 0.110. The molecule has 0 fully saturated rings. The lowest BCUT2D eigenvalue weighted by molar-refractivity contribution is -0.384. The number of amides is 2. The molecular weight excluding hydrogens is 512 g/mol. The first-order chi connectivity index (χ1) is 16.7. The van der Waals surface area contributed by atoms with Gasteiger partial charge in [-0.15, -0.1) is 0 Å². The molecule has 11 nitrogen and oxygen atoms in total. The predicted molar refractivity (Wildman–Crippen MR) is 137 cm³/mol. The summed E-state index contributed by atoms with van der Waals surface area (Å²) in [6, 6.07) is 8.94. The van der Waals surface area contributed by atoms with Crippen LogP contribution in [0, 0.1) is 10.1 Å². The average Bonchev–Trinajstić information content (AvgIpc) is 2.79. The number of nitro benzene ring substituents is 1. The lowest BCUT2D eigenvalue weighted by atomic mass is 10.1. The zero-order valence-electron chi connectivity index (χ0n) is 20.6. The largest absolute Gasteiger partial charge is 0.495 e. The molecule has 0 aliphatic rings. The summed E-state index contributed by atoms with van der Waals surface area (Å²) in [4.78, 5) is 38.2. The molecular formula is C23H29ClN4O7S. The smallest absolute Gasteiger partial charge is 0.271 e. The number of carbonyl (C=O) groups is 2. The van der Waals surface area contributed by atoms with Gasteiger partial charge in [-0.3, -0.25) is 24.0 Å². The Morgan fingerprint density at radius 2 is 1.75 bits per heavy atom. The van der Waals surface area contributed by atoms with E-state index in [2.05, 4.69) is 5.32 Å². The molecule has 2 aromatic rings. The molecule has 13 heteroatoms. The van der Waals surface area contributed by atoms with Crippen LogP contribution in [0.4, 0.5) is 11.4 Å². The second kappa shape index (κ2) is 12.0. The Bertz CT molecular complexity index is 1220. The molecule has 0 bridgehead atoms. The zero-order valence-corrected chi connectivity index (χ0v) is 22.2. The number of halogens is 1. The predicted octanol–water partition coefficient (Wildman–Crippen LogP) is 2.96. The van der Waals surface area contributed by atoms with E-state index >= 15 is 0 Å². The van der Waals surface area contributed by atoms with Gasteiger partial charge in [-0.2, -0.15) is 0 Å². The lowest BCUT2D eigenvalue weighted by Gasteiger charge is -2.32. The monoisotopic (exact) mass is 540 g/mol. The number of methoxy groups -OCH3 is 1. The van der Waals surface area contributed by atoms with Crippen LogP contribution in [-0.4, -0.2) is 62.0 Å². The summed E-state index contributed by atoms with van der Waals surface area (Å²) >= 11 is 5.95. The van der Waals surface area contributed by atoms with Gasteiger partial charge in [0.2, 0.25) is 21.8 Å². The van der Waals surface area contributed by atoms with E-state index in [1.807, 2.05) is 0 Å². The molecule has 1 N–H and O–H groups in total. The van der Waals surface area contributed by atoms with Gasteiger partial charge in [-0.05, 0) is 44.5 Å². The number of ether oxygens (including phenoxy) is 1. The third kappa shape index (κ3) is 7.56. The molecule has 0 saturated heterocycles. The van der Waals surface area contributed by atoms with Gasteiger partial charge in [0.25, 0.3) is 5.69 Å². The molecule has 0 aromatic heterocycles. The van der Waals surface area contributed by atoms with E-state index in [9.17, 15) is 28.1 Å². The number of nitrogens with zero attached hydrogens (tertiary/aromatic N) is 3. The quantitative estimate of drug-likeness (QED) is 0.341. The number of hydrogen-bond donors (Lipinski definition) is 1. The molecule has 1 atom stereocenters. The summed E-state index contributed by atoms with van der Waals surface area (Å²) < 4.78 is 31.4. The molecule has 36 heavy (non-hydrogen) atoms. The fourth-order valence-corrected chi connectivity index (χ4v) is 4.33. The number of nitro groups is 1. The van der Waals surface area contributed by atoms with E-state index in [0.717, 1.165) is 22.7 Å². The van der Waals surface area contributed by atoms with Gasteiger partial charge in [0, 0.05) is 29.7 Å². The summed E-state index contributed by atoms with van der Waals surface area (Å²) in [5, 5.41) is 14.5. The van der Waals surface area contributed by atoms with Crippen molar-refractivity contribution in [3.63, 3.8) is 0 Å². The number of hydrogen-bond acceptors (Lipinski definition) is 7. The molecule has 2 amide bonds. The van der Waals surface area contributed by atoms with E-state index in [-0.39, 0.29) is 29.7 Å². The number of anilines is 1. The Kier molecular flexibility index (Phi) is 9.65. The van der Waals surface area contributed by atoms with Crippen LogP contribution >= 0.6 is 11.6 Å². The topological polar surface area (TPSA) is 139 Å². The van der Waals surface area contributed by atoms with Crippen molar-refractivity contribution in [2.24, 2.45) is 0 Å². The van der Waals surface area contributed by atoms with Crippen LogP contribution in [0.5, 0.6) is 5.75 Å². The molecule has 0 aliphatic carbocycles. The molecule has 2 rings (SSSR count). The Morgan fingerprint density at radius 1 is 1.14 bits per heavy atom. The second-order valence-corrected chi connectivity index (χ2v) is 10.7. The second-order valence-electron chi connectivity index (χ2n) is 8.37. The van der Waals surface area contributed by atoms with Crippen molar-refractivity contribution < 1.29 is 27.7 Å². The first-order valence-corrected chi connectivity index (χ1v) is 13.1. The summed E-state index contributed by atoms with van der Waals surface area (Å²) in [6.45, 7) is 4.35. The minimum Gasteiger partial charge on any atom is -0.495 e. The summed E-state index contributed by atoms with van der Waals surface area (Å²) in [7, 11) is -2.82. The van der Waals surface area contributed by atoms with Crippen molar-refractivity contribution in [1.29, 1.82) is 0 Å². The molecule has 0 unspecified atom stereocenters. The van der Waals surface area contributed by atoms with E-state index in [1.54, 1.807) is 38.1 Å². The highest BCUT2D eigenvalue weighted by atomic mass is 35.5. The molecule has 196 valence electrons. The molecule has 2 aromatic carbocycles. The van der Waals surface area contributed by atoms with E-state index in [1.165, 1.54) is 25.0 Å². The SMILES string of the molecule is COc1ccc([N+](=O)[O-])cc1N(CC(=O)N(Cc1ccc(Cl)cc1)[C@@H](C)C(=O)NC(C)C)S(C)(=O)=O. The highest BCUT2D eigenvalue weighted by molar-refractivity contribution is 7.92. The maximum Gasteiger partial charge on any atom is 0.271 e. The van der Waals surface area contributed by atoms with Crippen LogP contribution in [0.3, 0.4) is 0 Å². The first-order valence-electron chi connectivity index (χ1n) is 10.9. The van der Waals surface area contributed by atoms with Crippen molar-refractivity contribution in [1.82, 2.24) is 10.2 Å². The van der Waals surface area contributed by atoms with Crippen LogP contribution in [0.25, 0.3) is 0 Å². The molecule has 0 radical (unpaired) electrons. The zero-order chi connectivity index (χ0) is 27.2. The van der Waals surface area contributed by atoms with Crippen LogP contribution in [0.15, 0.2) is 42.5 Å². The summed E-state index contributed by atoms with van der Waals surface area (Å²) in [6.07, 6.45) is 0.872. The van der Waals surface area contributed by atoms with Crippen molar-refractivity contribution in [2.45, 2.75) is 39.4 Å². The van der Waals surface area contributed by atoms with Gasteiger partial charge in [0.15, 0.2) is 0 Å². The first kappa shape index (κ1) is 28.9. The Balaban J connectivity index is 2.51. The lowest BCUT2D eigenvalue weighted by Crippen LogP contribution is -2.52. The van der Waals surface area contributed by atoms with E-state index in [4.69, 9.17) is 16.3 Å². The Hall–Kier alpha value is -3.38. The van der Waals surface area contributed by atoms with E-state index in [0.29, 0.717) is 10.6 Å². The number of non-ortho nitro benzene ring substituents is 1. The van der Waals surface area contributed by atoms with Crippen LogP contribution in [-0.2, 0) is 26.2 Å². The molecule has 0 aliphatic heterocycles. The van der Waals surface area contributed by atoms with Gasteiger partial charge in [0.1, 0.15) is 24.0 Å². The highest BCUT2D eigenvalue weighted by Gasteiger charge is 2.32. The van der Waals surface area contributed by atoms with Gasteiger partial charge < -0.3 is 15.0 Å². The minimum absolute atomic E-state index is 0.00758. The molecule has 0 heterocycles.